The standard InChI is InChI=1S/C17H17N5O/c1-22-12-14(11-20-22)16-13(6-5-9-18-16)10-19-17(23)21-15-7-3-2-4-8-15/h2-9,11-12H,10H2,1H3,(H2,19,21,23). The molecule has 0 unspecified atom stereocenters. The third kappa shape index (κ3) is 3.74. The summed E-state index contributed by atoms with van der Waals surface area (Å²) in [6.45, 7) is 0.386. The monoisotopic (exact) mass is 307 g/mol. The number of nitrogens with zero attached hydrogens (tertiary/aromatic N) is 3. The summed E-state index contributed by atoms with van der Waals surface area (Å²) in [7, 11) is 1.86. The van der Waals surface area contributed by atoms with E-state index >= 15 is 0 Å². The van der Waals surface area contributed by atoms with Crippen LogP contribution < -0.4 is 10.6 Å². The summed E-state index contributed by atoms with van der Waals surface area (Å²) >= 11 is 0. The average molecular weight is 307 g/mol. The van der Waals surface area contributed by atoms with Gasteiger partial charge in [0.15, 0.2) is 0 Å². The molecular weight excluding hydrogens is 290 g/mol. The zero-order valence-electron chi connectivity index (χ0n) is 12.7. The maximum absolute atomic E-state index is 12.0. The fourth-order valence-electron chi connectivity index (χ4n) is 2.26. The molecule has 0 aliphatic carbocycles. The van der Waals surface area contributed by atoms with Gasteiger partial charge in [-0.05, 0) is 23.8 Å². The van der Waals surface area contributed by atoms with E-state index < -0.39 is 0 Å². The van der Waals surface area contributed by atoms with Gasteiger partial charge in [0.1, 0.15) is 0 Å². The molecule has 116 valence electrons. The number of carbonyl (C=O) groups is 1. The molecule has 23 heavy (non-hydrogen) atoms. The van der Waals surface area contributed by atoms with Crippen LogP contribution in [0.5, 0.6) is 0 Å². The molecule has 2 heterocycles. The van der Waals surface area contributed by atoms with Gasteiger partial charge in [-0.25, -0.2) is 4.79 Å². The predicted octanol–water partition coefficient (Wildman–Crippen LogP) is 2.80. The van der Waals surface area contributed by atoms with Crippen LogP contribution in [-0.2, 0) is 13.6 Å². The van der Waals surface area contributed by atoms with Crippen LogP contribution in [0.2, 0.25) is 0 Å². The SMILES string of the molecule is Cn1cc(-c2ncccc2CNC(=O)Nc2ccccc2)cn1. The minimum Gasteiger partial charge on any atom is -0.334 e. The van der Waals surface area contributed by atoms with Crippen molar-refractivity contribution in [2.24, 2.45) is 7.05 Å². The topological polar surface area (TPSA) is 71.8 Å². The Kier molecular flexibility index (Phi) is 4.33. The number of pyridine rings is 1. The van der Waals surface area contributed by atoms with Crippen LogP contribution in [-0.4, -0.2) is 20.8 Å². The Morgan fingerprint density at radius 2 is 2.00 bits per heavy atom. The number of urea groups is 1. The number of carbonyl (C=O) groups excluding carboxylic acids is 1. The number of benzene rings is 1. The zero-order valence-corrected chi connectivity index (χ0v) is 12.7. The first-order valence-electron chi connectivity index (χ1n) is 7.25. The smallest absolute Gasteiger partial charge is 0.319 e. The third-order valence-electron chi connectivity index (χ3n) is 3.34. The van der Waals surface area contributed by atoms with Crippen molar-refractivity contribution in [1.29, 1.82) is 0 Å². The van der Waals surface area contributed by atoms with Crippen molar-refractivity contribution in [3.8, 4) is 11.3 Å². The summed E-state index contributed by atoms with van der Waals surface area (Å²) in [5.74, 6) is 0. The Hall–Kier alpha value is -3.15. The molecule has 2 amide bonds. The highest BCUT2D eigenvalue weighted by Crippen LogP contribution is 2.20. The first kappa shape index (κ1) is 14.8. The molecule has 0 saturated carbocycles. The lowest BCUT2D eigenvalue weighted by atomic mass is 10.1. The van der Waals surface area contributed by atoms with E-state index in [0.29, 0.717) is 6.54 Å². The van der Waals surface area contributed by atoms with E-state index in [0.717, 1.165) is 22.5 Å². The summed E-state index contributed by atoms with van der Waals surface area (Å²) in [5.41, 5.74) is 3.43. The van der Waals surface area contributed by atoms with Crippen LogP contribution in [0.1, 0.15) is 5.56 Å². The number of para-hydroxylation sites is 1. The number of nitrogens with one attached hydrogen (secondary N) is 2. The molecule has 0 atom stereocenters. The molecule has 3 aromatic rings. The first-order valence-corrected chi connectivity index (χ1v) is 7.25. The maximum atomic E-state index is 12.0. The van der Waals surface area contributed by atoms with Gasteiger partial charge in [-0.15, -0.1) is 0 Å². The van der Waals surface area contributed by atoms with E-state index in [1.807, 2.05) is 55.7 Å². The number of hydrogen-bond donors (Lipinski definition) is 2. The molecule has 0 fully saturated rings. The van der Waals surface area contributed by atoms with E-state index in [9.17, 15) is 4.79 Å². The molecule has 2 aromatic heterocycles. The molecule has 0 saturated heterocycles. The van der Waals surface area contributed by atoms with Gasteiger partial charge in [-0.2, -0.15) is 5.10 Å². The van der Waals surface area contributed by atoms with Crippen LogP contribution in [0.15, 0.2) is 61.1 Å². The Morgan fingerprint density at radius 3 is 2.74 bits per heavy atom. The fraction of sp³-hybridized carbons (Fsp3) is 0.118. The third-order valence-corrected chi connectivity index (χ3v) is 3.34. The molecule has 6 heteroatoms. The average Bonchev–Trinajstić information content (AvgIpc) is 3.00. The van der Waals surface area contributed by atoms with E-state index in [2.05, 4.69) is 20.7 Å². The maximum Gasteiger partial charge on any atom is 0.319 e. The molecule has 0 aliphatic rings. The van der Waals surface area contributed by atoms with E-state index in [1.165, 1.54) is 0 Å². The number of aromatic nitrogens is 3. The molecular formula is C17H17N5O. The van der Waals surface area contributed by atoms with Crippen molar-refractivity contribution >= 4 is 11.7 Å². The van der Waals surface area contributed by atoms with Gasteiger partial charge in [0, 0.05) is 37.2 Å². The summed E-state index contributed by atoms with van der Waals surface area (Å²) in [4.78, 5) is 16.4. The van der Waals surface area contributed by atoms with Gasteiger partial charge in [0.25, 0.3) is 0 Å². The quantitative estimate of drug-likeness (QED) is 0.778. The Bertz CT molecular complexity index is 798. The van der Waals surface area contributed by atoms with E-state index in [-0.39, 0.29) is 6.03 Å². The highest BCUT2D eigenvalue weighted by atomic mass is 16.2. The van der Waals surface area contributed by atoms with Crippen LogP contribution in [0.4, 0.5) is 10.5 Å². The molecule has 6 nitrogen and oxygen atoms in total. The fourth-order valence-corrected chi connectivity index (χ4v) is 2.26. The minimum absolute atomic E-state index is 0.253. The van der Waals surface area contributed by atoms with E-state index in [4.69, 9.17) is 0 Å². The Morgan fingerprint density at radius 1 is 1.17 bits per heavy atom. The normalized spacial score (nSPS) is 10.3. The van der Waals surface area contributed by atoms with Gasteiger partial charge in [-0.1, -0.05) is 24.3 Å². The second kappa shape index (κ2) is 6.74. The van der Waals surface area contributed by atoms with Crippen LogP contribution in [0, 0.1) is 0 Å². The molecule has 3 rings (SSSR count). The van der Waals surface area contributed by atoms with Gasteiger partial charge in [0.2, 0.25) is 0 Å². The largest absolute Gasteiger partial charge is 0.334 e. The van der Waals surface area contributed by atoms with Gasteiger partial charge >= 0.3 is 6.03 Å². The summed E-state index contributed by atoms with van der Waals surface area (Å²) in [6, 6.07) is 12.9. The molecule has 0 aliphatic heterocycles. The first-order chi connectivity index (χ1) is 11.2. The van der Waals surface area contributed by atoms with Crippen molar-refractivity contribution in [2.45, 2.75) is 6.54 Å². The number of amides is 2. The van der Waals surface area contributed by atoms with Gasteiger partial charge in [0.05, 0.1) is 11.9 Å². The van der Waals surface area contributed by atoms with Gasteiger partial charge < -0.3 is 10.6 Å². The zero-order chi connectivity index (χ0) is 16.1. The lowest BCUT2D eigenvalue weighted by Gasteiger charge is -2.10. The lowest BCUT2D eigenvalue weighted by molar-refractivity contribution is 0.252. The van der Waals surface area contributed by atoms with Crippen molar-refractivity contribution < 1.29 is 4.79 Å². The molecule has 0 spiro atoms. The van der Waals surface area contributed by atoms with Crippen LogP contribution >= 0.6 is 0 Å². The van der Waals surface area contributed by atoms with Crippen molar-refractivity contribution in [2.75, 3.05) is 5.32 Å². The predicted molar refractivity (Wildman–Crippen MR) is 88.7 cm³/mol. The van der Waals surface area contributed by atoms with Gasteiger partial charge in [-0.3, -0.25) is 9.67 Å². The lowest BCUT2D eigenvalue weighted by Crippen LogP contribution is -2.28. The number of rotatable bonds is 4. The van der Waals surface area contributed by atoms with E-state index in [1.54, 1.807) is 17.1 Å². The number of anilines is 1. The second-order valence-corrected chi connectivity index (χ2v) is 5.09. The second-order valence-electron chi connectivity index (χ2n) is 5.09. The summed E-state index contributed by atoms with van der Waals surface area (Å²) in [6.07, 6.45) is 5.39. The minimum atomic E-state index is -0.253. The summed E-state index contributed by atoms with van der Waals surface area (Å²) < 4.78 is 1.73. The molecule has 0 radical (unpaired) electrons. The highest BCUT2D eigenvalue weighted by Gasteiger charge is 2.09. The Balaban J connectivity index is 1.68. The number of hydrogen-bond acceptors (Lipinski definition) is 3. The van der Waals surface area contributed by atoms with Crippen LogP contribution in [0.3, 0.4) is 0 Å². The van der Waals surface area contributed by atoms with Crippen molar-refractivity contribution in [1.82, 2.24) is 20.1 Å². The molecule has 1 aromatic carbocycles. The van der Waals surface area contributed by atoms with Crippen molar-refractivity contribution in [3.63, 3.8) is 0 Å². The molecule has 0 bridgehead atoms. The summed E-state index contributed by atoms with van der Waals surface area (Å²) in [5, 5.41) is 9.80. The van der Waals surface area contributed by atoms with Crippen molar-refractivity contribution in [3.05, 3.63) is 66.6 Å². The Labute approximate surface area is 134 Å². The number of aryl methyl sites for hydroxylation is 1. The van der Waals surface area contributed by atoms with Crippen LogP contribution in [0.25, 0.3) is 11.3 Å². The highest BCUT2D eigenvalue weighted by molar-refractivity contribution is 5.89. The molecule has 2 N–H and O–H groups in total.